The predicted molar refractivity (Wildman–Crippen MR) is 59.7 cm³/mol. The Kier molecular flexibility index (Phi) is 6.08. The van der Waals surface area contributed by atoms with Crippen molar-refractivity contribution in [3.05, 3.63) is 12.2 Å². The maximum atomic E-state index is 11.0. The molecule has 5 heteroatoms. The molecule has 0 aromatic carbocycles. The average molecular weight is 232 g/mol. The van der Waals surface area contributed by atoms with Crippen LogP contribution >= 0.6 is 11.8 Å². The summed E-state index contributed by atoms with van der Waals surface area (Å²) in [6.07, 6.45) is -0.315. The van der Waals surface area contributed by atoms with Crippen molar-refractivity contribution in [2.45, 2.75) is 20.5 Å². The highest BCUT2D eigenvalue weighted by Crippen LogP contribution is 2.14. The van der Waals surface area contributed by atoms with E-state index < -0.39 is 5.97 Å². The van der Waals surface area contributed by atoms with E-state index in [2.05, 4.69) is 6.58 Å². The van der Waals surface area contributed by atoms with Crippen LogP contribution in [-0.2, 0) is 19.1 Å². The first-order chi connectivity index (χ1) is 6.59. The molecule has 0 bridgehead atoms. The molecule has 1 atom stereocenters. The molecule has 0 N–H and O–H groups in total. The Balaban J connectivity index is 0.00000196. The highest BCUT2D eigenvalue weighted by molar-refractivity contribution is 8.00. The third-order valence-electron chi connectivity index (χ3n) is 1.57. The van der Waals surface area contributed by atoms with Gasteiger partial charge in [0.1, 0.15) is 12.7 Å². The van der Waals surface area contributed by atoms with E-state index in [1.165, 1.54) is 11.8 Å². The normalized spacial score (nSPS) is 19.8. The third kappa shape index (κ3) is 4.88. The topological polar surface area (TPSA) is 52.6 Å². The monoisotopic (exact) mass is 232 g/mol. The van der Waals surface area contributed by atoms with E-state index >= 15 is 0 Å². The number of carbonyl (C=O) groups is 2. The Labute approximate surface area is 94.0 Å². The highest BCUT2D eigenvalue weighted by atomic mass is 32.2. The molecule has 1 heterocycles. The second-order valence-corrected chi connectivity index (χ2v) is 4.04. The Morgan fingerprint density at radius 3 is 2.93 bits per heavy atom. The van der Waals surface area contributed by atoms with Crippen LogP contribution in [0.1, 0.15) is 14.4 Å². The summed E-state index contributed by atoms with van der Waals surface area (Å²) in [6, 6.07) is 0. The van der Waals surface area contributed by atoms with Crippen LogP contribution in [0.25, 0.3) is 0 Å². The molecule has 1 unspecified atom stereocenters. The van der Waals surface area contributed by atoms with Gasteiger partial charge in [0.25, 0.3) is 0 Å². The third-order valence-corrected chi connectivity index (χ3v) is 2.62. The number of rotatable bonds is 3. The minimum absolute atomic E-state index is 0. The molecule has 0 saturated carbocycles. The van der Waals surface area contributed by atoms with Gasteiger partial charge in [-0.25, -0.2) is 4.79 Å². The van der Waals surface area contributed by atoms with Gasteiger partial charge in [-0.2, -0.15) is 0 Å². The van der Waals surface area contributed by atoms with Gasteiger partial charge in [-0.05, 0) is 6.92 Å². The summed E-state index contributed by atoms with van der Waals surface area (Å²) in [5, 5.41) is 0. The van der Waals surface area contributed by atoms with Crippen LogP contribution < -0.4 is 0 Å². The van der Waals surface area contributed by atoms with Gasteiger partial charge in [-0.3, -0.25) is 4.79 Å². The van der Waals surface area contributed by atoms with E-state index in [1.807, 2.05) is 0 Å². The lowest BCUT2D eigenvalue weighted by Gasteiger charge is -2.21. The molecule has 0 amide bonds. The Hall–Kier alpha value is -0.970. The lowest BCUT2D eigenvalue weighted by molar-refractivity contribution is -0.154. The quantitative estimate of drug-likeness (QED) is 0.544. The van der Waals surface area contributed by atoms with Gasteiger partial charge in [-0.15, -0.1) is 11.8 Å². The summed E-state index contributed by atoms with van der Waals surface area (Å²) in [4.78, 5) is 21.8. The van der Waals surface area contributed by atoms with Crippen LogP contribution in [-0.4, -0.2) is 36.2 Å². The predicted octanol–water partition coefficient (Wildman–Crippen LogP) is 1.40. The van der Waals surface area contributed by atoms with Gasteiger partial charge in [0.15, 0.2) is 0 Å². The first-order valence-electron chi connectivity index (χ1n) is 4.19. The summed E-state index contributed by atoms with van der Waals surface area (Å²) in [7, 11) is 0. The van der Waals surface area contributed by atoms with Crippen molar-refractivity contribution in [3.63, 3.8) is 0 Å². The number of esters is 2. The highest BCUT2D eigenvalue weighted by Gasteiger charge is 2.22. The number of cyclic esters (lactones) is 1. The van der Waals surface area contributed by atoms with E-state index in [0.717, 1.165) is 0 Å². The summed E-state index contributed by atoms with van der Waals surface area (Å²) in [6.45, 7) is 5.14. The van der Waals surface area contributed by atoms with Gasteiger partial charge in [-0.1, -0.05) is 14.0 Å². The zero-order valence-electron chi connectivity index (χ0n) is 7.95. The van der Waals surface area contributed by atoms with Gasteiger partial charge in [0.2, 0.25) is 0 Å². The van der Waals surface area contributed by atoms with Crippen molar-refractivity contribution in [1.29, 1.82) is 0 Å². The number of hydrogen-bond acceptors (Lipinski definition) is 5. The lowest BCUT2D eigenvalue weighted by atomic mass is 10.3. The van der Waals surface area contributed by atoms with Crippen molar-refractivity contribution >= 4 is 23.7 Å². The van der Waals surface area contributed by atoms with Crippen molar-refractivity contribution < 1.29 is 19.1 Å². The van der Waals surface area contributed by atoms with Crippen LogP contribution in [0.4, 0.5) is 0 Å². The Morgan fingerprint density at radius 1 is 1.73 bits per heavy atom. The molecular weight excluding hydrogens is 216 g/mol. The van der Waals surface area contributed by atoms with Crippen molar-refractivity contribution in [2.24, 2.45) is 0 Å². The number of hydrogen-bond donors (Lipinski definition) is 0. The van der Waals surface area contributed by atoms with Gasteiger partial charge < -0.3 is 9.47 Å². The molecule has 0 aromatic heterocycles. The molecule has 1 aliphatic heterocycles. The van der Waals surface area contributed by atoms with E-state index in [-0.39, 0.29) is 26.1 Å². The summed E-state index contributed by atoms with van der Waals surface area (Å²) < 4.78 is 9.81. The number of ether oxygens (including phenoxy) is 2. The van der Waals surface area contributed by atoms with Crippen LogP contribution in [0.3, 0.4) is 0 Å². The second kappa shape index (κ2) is 6.50. The smallest absolute Gasteiger partial charge is 0.333 e. The standard InChI is InChI=1S/C9H12O4S.CH4/c1-6(2)9(11)12-3-7-4-14-5-8(10)13-7;/h7H,1,3-5H2,2H3;1H4. The molecule has 0 spiro atoms. The lowest BCUT2D eigenvalue weighted by Crippen LogP contribution is -2.32. The molecule has 86 valence electrons. The molecule has 1 aliphatic rings. The maximum Gasteiger partial charge on any atom is 0.333 e. The van der Waals surface area contributed by atoms with Crippen LogP contribution in [0.15, 0.2) is 12.2 Å². The van der Waals surface area contributed by atoms with E-state index in [9.17, 15) is 9.59 Å². The van der Waals surface area contributed by atoms with Crippen molar-refractivity contribution in [3.8, 4) is 0 Å². The van der Waals surface area contributed by atoms with Crippen LogP contribution in [0, 0.1) is 0 Å². The summed E-state index contributed by atoms with van der Waals surface area (Å²) in [5.41, 5.74) is 0.347. The van der Waals surface area contributed by atoms with Crippen LogP contribution in [0.2, 0.25) is 0 Å². The minimum atomic E-state index is -0.448. The minimum Gasteiger partial charge on any atom is -0.458 e. The van der Waals surface area contributed by atoms with Crippen molar-refractivity contribution in [1.82, 2.24) is 0 Å². The number of thioether (sulfide) groups is 1. The summed E-state index contributed by atoms with van der Waals surface area (Å²) in [5.74, 6) is 0.356. The molecule has 1 rings (SSSR count). The van der Waals surface area contributed by atoms with E-state index in [4.69, 9.17) is 9.47 Å². The molecule has 1 saturated heterocycles. The van der Waals surface area contributed by atoms with E-state index in [1.54, 1.807) is 6.92 Å². The summed E-state index contributed by atoms with van der Waals surface area (Å²) >= 11 is 1.48. The number of carbonyl (C=O) groups excluding carboxylic acids is 2. The average Bonchev–Trinajstić information content (AvgIpc) is 2.14. The fourth-order valence-corrected chi connectivity index (χ4v) is 1.68. The molecule has 0 radical (unpaired) electrons. The van der Waals surface area contributed by atoms with Gasteiger partial charge in [0.05, 0.1) is 5.75 Å². The zero-order valence-corrected chi connectivity index (χ0v) is 8.76. The molecular formula is C10H16O4S. The molecule has 15 heavy (non-hydrogen) atoms. The Morgan fingerprint density at radius 2 is 2.40 bits per heavy atom. The maximum absolute atomic E-state index is 11.0. The first-order valence-corrected chi connectivity index (χ1v) is 5.35. The van der Waals surface area contributed by atoms with Crippen molar-refractivity contribution in [2.75, 3.05) is 18.1 Å². The molecule has 0 aliphatic carbocycles. The van der Waals surface area contributed by atoms with E-state index in [0.29, 0.717) is 17.1 Å². The molecule has 4 nitrogen and oxygen atoms in total. The fourth-order valence-electron chi connectivity index (χ4n) is 0.902. The fraction of sp³-hybridized carbons (Fsp3) is 0.600. The SMILES string of the molecule is C.C=C(C)C(=O)OCC1CSCC(=O)O1. The molecule has 1 fully saturated rings. The Bertz CT molecular complexity index is 262. The van der Waals surface area contributed by atoms with Crippen LogP contribution in [0.5, 0.6) is 0 Å². The van der Waals surface area contributed by atoms with Gasteiger partial charge >= 0.3 is 11.9 Å². The zero-order chi connectivity index (χ0) is 10.6. The second-order valence-electron chi connectivity index (χ2n) is 3.01. The van der Waals surface area contributed by atoms with Gasteiger partial charge in [0, 0.05) is 11.3 Å². The first kappa shape index (κ1) is 14.0. The molecule has 0 aromatic rings. The largest absolute Gasteiger partial charge is 0.458 e.